The number of aliphatic hydroxyl groups excluding tert-OH is 1. The molecule has 3 heteroatoms. The lowest BCUT2D eigenvalue weighted by molar-refractivity contribution is 0.233. The number of rotatable bonds is 9. The molecule has 1 unspecified atom stereocenters. The highest BCUT2D eigenvalue weighted by Gasteiger charge is 2.18. The lowest BCUT2D eigenvalue weighted by atomic mass is 9.87. The third-order valence-electron chi connectivity index (χ3n) is 3.59. The number of benzene rings is 1. The SMILES string of the molecule is CCOc1ccc(C(C)NCC(C)(C)CCCO)cc1. The smallest absolute Gasteiger partial charge is 0.119 e. The van der Waals surface area contributed by atoms with Crippen LogP contribution < -0.4 is 10.1 Å². The van der Waals surface area contributed by atoms with Gasteiger partial charge in [0.1, 0.15) is 5.75 Å². The summed E-state index contributed by atoms with van der Waals surface area (Å²) in [6, 6.07) is 8.59. The van der Waals surface area contributed by atoms with E-state index in [2.05, 4.69) is 38.2 Å². The van der Waals surface area contributed by atoms with Gasteiger partial charge in [0.25, 0.3) is 0 Å². The Bertz CT molecular complexity index is 373. The molecule has 20 heavy (non-hydrogen) atoms. The molecule has 0 heterocycles. The molecule has 0 aliphatic rings. The van der Waals surface area contributed by atoms with Crippen molar-refractivity contribution in [1.82, 2.24) is 5.32 Å². The molecule has 1 aromatic rings. The summed E-state index contributed by atoms with van der Waals surface area (Å²) in [4.78, 5) is 0. The fraction of sp³-hybridized carbons (Fsp3) is 0.647. The second kappa shape index (κ2) is 8.28. The maximum absolute atomic E-state index is 8.92. The highest BCUT2D eigenvalue weighted by atomic mass is 16.5. The normalized spacial score (nSPS) is 13.2. The molecule has 0 aliphatic carbocycles. The van der Waals surface area contributed by atoms with Gasteiger partial charge in [0, 0.05) is 19.2 Å². The van der Waals surface area contributed by atoms with E-state index in [1.807, 2.05) is 19.1 Å². The summed E-state index contributed by atoms with van der Waals surface area (Å²) in [6.45, 7) is 10.6. The Morgan fingerprint density at radius 3 is 2.45 bits per heavy atom. The van der Waals surface area contributed by atoms with Gasteiger partial charge in [-0.25, -0.2) is 0 Å². The first-order chi connectivity index (χ1) is 9.48. The van der Waals surface area contributed by atoms with Crippen LogP contribution in [0.2, 0.25) is 0 Å². The van der Waals surface area contributed by atoms with E-state index in [1.54, 1.807) is 0 Å². The Labute approximate surface area is 123 Å². The summed E-state index contributed by atoms with van der Waals surface area (Å²) < 4.78 is 5.46. The van der Waals surface area contributed by atoms with Crippen LogP contribution in [0, 0.1) is 5.41 Å². The predicted molar refractivity (Wildman–Crippen MR) is 84.1 cm³/mol. The van der Waals surface area contributed by atoms with Crippen molar-refractivity contribution in [2.45, 2.75) is 46.6 Å². The van der Waals surface area contributed by atoms with Gasteiger partial charge in [-0.05, 0) is 49.8 Å². The van der Waals surface area contributed by atoms with E-state index in [0.29, 0.717) is 12.6 Å². The first kappa shape index (κ1) is 17.0. The minimum atomic E-state index is 0.211. The molecule has 0 spiro atoms. The van der Waals surface area contributed by atoms with Crippen molar-refractivity contribution in [3.8, 4) is 5.75 Å². The van der Waals surface area contributed by atoms with Gasteiger partial charge in [-0.15, -0.1) is 0 Å². The molecule has 0 saturated carbocycles. The lowest BCUT2D eigenvalue weighted by Crippen LogP contribution is -2.31. The van der Waals surface area contributed by atoms with Crippen LogP contribution in [0.4, 0.5) is 0 Å². The number of hydrogen-bond acceptors (Lipinski definition) is 3. The number of aliphatic hydroxyl groups is 1. The van der Waals surface area contributed by atoms with E-state index in [4.69, 9.17) is 9.84 Å². The molecular formula is C17H29NO2. The highest BCUT2D eigenvalue weighted by molar-refractivity contribution is 5.28. The molecule has 0 radical (unpaired) electrons. The Kier molecular flexibility index (Phi) is 7.03. The summed E-state index contributed by atoms with van der Waals surface area (Å²) in [5.74, 6) is 0.923. The van der Waals surface area contributed by atoms with Gasteiger partial charge in [0.05, 0.1) is 6.61 Å². The zero-order valence-electron chi connectivity index (χ0n) is 13.3. The molecule has 0 saturated heterocycles. The molecule has 0 bridgehead atoms. The number of ether oxygens (including phenoxy) is 1. The first-order valence-corrected chi connectivity index (χ1v) is 7.55. The summed E-state index contributed by atoms with van der Waals surface area (Å²) in [7, 11) is 0. The van der Waals surface area contributed by atoms with Crippen molar-refractivity contribution in [2.24, 2.45) is 5.41 Å². The van der Waals surface area contributed by atoms with Crippen LogP contribution in [-0.2, 0) is 0 Å². The van der Waals surface area contributed by atoms with Crippen LogP contribution in [0.5, 0.6) is 5.75 Å². The van der Waals surface area contributed by atoms with Gasteiger partial charge in [0.2, 0.25) is 0 Å². The number of hydrogen-bond donors (Lipinski definition) is 2. The van der Waals surface area contributed by atoms with Crippen molar-refractivity contribution < 1.29 is 9.84 Å². The summed E-state index contributed by atoms with van der Waals surface area (Å²) in [6.07, 6.45) is 1.90. The van der Waals surface area contributed by atoms with Gasteiger partial charge in [-0.1, -0.05) is 26.0 Å². The second-order valence-corrected chi connectivity index (χ2v) is 6.10. The Balaban J connectivity index is 2.47. The second-order valence-electron chi connectivity index (χ2n) is 6.10. The molecule has 0 amide bonds. The van der Waals surface area contributed by atoms with Crippen LogP contribution in [0.25, 0.3) is 0 Å². The van der Waals surface area contributed by atoms with E-state index in [9.17, 15) is 0 Å². The van der Waals surface area contributed by atoms with E-state index in [0.717, 1.165) is 25.1 Å². The van der Waals surface area contributed by atoms with E-state index < -0.39 is 0 Å². The molecule has 0 fully saturated rings. The maximum Gasteiger partial charge on any atom is 0.119 e. The summed E-state index contributed by atoms with van der Waals surface area (Å²) in [5, 5.41) is 12.5. The average Bonchev–Trinajstić information content (AvgIpc) is 2.44. The standard InChI is InChI=1S/C17H29NO2/c1-5-20-16-9-7-15(8-10-16)14(2)18-13-17(3,4)11-6-12-19/h7-10,14,18-19H,5-6,11-13H2,1-4H3. The Morgan fingerprint density at radius 2 is 1.90 bits per heavy atom. The predicted octanol–water partition coefficient (Wildman–Crippen LogP) is 3.53. The van der Waals surface area contributed by atoms with Gasteiger partial charge < -0.3 is 15.2 Å². The topological polar surface area (TPSA) is 41.5 Å². The molecule has 1 atom stereocenters. The molecule has 1 rings (SSSR count). The quantitative estimate of drug-likeness (QED) is 0.726. The van der Waals surface area contributed by atoms with Crippen LogP contribution in [-0.4, -0.2) is 24.9 Å². The summed E-state index contributed by atoms with van der Waals surface area (Å²) in [5.41, 5.74) is 1.48. The molecule has 2 N–H and O–H groups in total. The van der Waals surface area contributed by atoms with Crippen LogP contribution in [0.3, 0.4) is 0 Å². The monoisotopic (exact) mass is 279 g/mol. The van der Waals surface area contributed by atoms with Crippen LogP contribution in [0.15, 0.2) is 24.3 Å². The first-order valence-electron chi connectivity index (χ1n) is 7.55. The lowest BCUT2D eigenvalue weighted by Gasteiger charge is -2.27. The largest absolute Gasteiger partial charge is 0.494 e. The van der Waals surface area contributed by atoms with Gasteiger partial charge in [-0.2, -0.15) is 0 Å². The van der Waals surface area contributed by atoms with Gasteiger partial charge >= 0.3 is 0 Å². The third-order valence-corrected chi connectivity index (χ3v) is 3.59. The van der Waals surface area contributed by atoms with Crippen molar-refractivity contribution in [1.29, 1.82) is 0 Å². The van der Waals surface area contributed by atoms with E-state index >= 15 is 0 Å². The van der Waals surface area contributed by atoms with E-state index in [-0.39, 0.29) is 12.0 Å². The molecule has 114 valence electrons. The van der Waals surface area contributed by atoms with Gasteiger partial charge in [-0.3, -0.25) is 0 Å². The molecular weight excluding hydrogens is 250 g/mol. The van der Waals surface area contributed by atoms with E-state index in [1.165, 1.54) is 5.56 Å². The minimum absolute atomic E-state index is 0.211. The van der Waals surface area contributed by atoms with Gasteiger partial charge in [0.15, 0.2) is 0 Å². The zero-order chi connectivity index (χ0) is 15.0. The third kappa shape index (κ3) is 5.93. The van der Waals surface area contributed by atoms with Crippen molar-refractivity contribution in [3.63, 3.8) is 0 Å². The molecule has 3 nitrogen and oxygen atoms in total. The molecule has 0 aliphatic heterocycles. The van der Waals surface area contributed by atoms with Crippen LogP contribution >= 0.6 is 0 Å². The Morgan fingerprint density at radius 1 is 1.25 bits per heavy atom. The maximum atomic E-state index is 8.92. The van der Waals surface area contributed by atoms with Crippen molar-refractivity contribution >= 4 is 0 Å². The average molecular weight is 279 g/mol. The number of nitrogens with one attached hydrogen (secondary N) is 1. The molecule has 0 aromatic heterocycles. The zero-order valence-corrected chi connectivity index (χ0v) is 13.3. The Hall–Kier alpha value is -1.06. The molecule has 1 aromatic carbocycles. The summed E-state index contributed by atoms with van der Waals surface area (Å²) >= 11 is 0. The highest BCUT2D eigenvalue weighted by Crippen LogP contribution is 2.23. The van der Waals surface area contributed by atoms with Crippen LogP contribution in [0.1, 0.15) is 52.1 Å². The fourth-order valence-corrected chi connectivity index (χ4v) is 2.21. The minimum Gasteiger partial charge on any atom is -0.494 e. The van der Waals surface area contributed by atoms with Crippen molar-refractivity contribution in [2.75, 3.05) is 19.8 Å². The fourth-order valence-electron chi connectivity index (χ4n) is 2.21. The van der Waals surface area contributed by atoms with Crippen molar-refractivity contribution in [3.05, 3.63) is 29.8 Å².